The van der Waals surface area contributed by atoms with Gasteiger partial charge in [-0.15, -0.1) is 0 Å². The molecule has 0 spiro atoms. The van der Waals surface area contributed by atoms with E-state index in [4.69, 9.17) is 0 Å². The van der Waals surface area contributed by atoms with Crippen LogP contribution in [0, 0.1) is 6.92 Å². The van der Waals surface area contributed by atoms with Gasteiger partial charge in [0.05, 0.1) is 18.2 Å². The first-order chi connectivity index (χ1) is 14.1. The second-order valence-corrected chi connectivity index (χ2v) is 7.78. The van der Waals surface area contributed by atoms with Gasteiger partial charge < -0.3 is 0 Å². The molecule has 0 aliphatic carbocycles. The molecule has 0 saturated carbocycles. The van der Waals surface area contributed by atoms with E-state index in [1.807, 2.05) is 49.4 Å². The lowest BCUT2D eigenvalue weighted by Crippen LogP contribution is -2.52. The third kappa shape index (κ3) is 4.47. The highest BCUT2D eigenvalue weighted by molar-refractivity contribution is 6.22. The summed E-state index contributed by atoms with van der Waals surface area (Å²) in [4.78, 5) is 31.5. The predicted octanol–water partition coefficient (Wildman–Crippen LogP) is 2.96. The van der Waals surface area contributed by atoms with E-state index < -0.39 is 0 Å². The number of imide groups is 1. The van der Waals surface area contributed by atoms with E-state index in [9.17, 15) is 9.59 Å². The molecule has 1 unspecified atom stereocenters. The lowest BCUT2D eigenvalue weighted by atomic mass is 10.1. The topological polar surface area (TPSA) is 43.9 Å². The van der Waals surface area contributed by atoms with Crippen molar-refractivity contribution in [2.75, 3.05) is 37.6 Å². The highest BCUT2D eigenvalue weighted by Gasteiger charge is 2.43. The SMILES string of the molecule is Cc1cccc(N2C(=O)CC(N3CCN(CC=Cc4ccccc4)CC3)C2=O)c1. The molecular formula is C24H27N3O2. The van der Waals surface area contributed by atoms with Crippen LogP contribution in [-0.2, 0) is 9.59 Å². The Morgan fingerprint density at radius 3 is 2.45 bits per heavy atom. The van der Waals surface area contributed by atoms with Crippen molar-refractivity contribution in [1.29, 1.82) is 0 Å². The predicted molar refractivity (Wildman–Crippen MR) is 116 cm³/mol. The number of hydrogen-bond acceptors (Lipinski definition) is 4. The molecule has 4 rings (SSSR count). The van der Waals surface area contributed by atoms with Crippen molar-refractivity contribution in [1.82, 2.24) is 9.80 Å². The van der Waals surface area contributed by atoms with Crippen LogP contribution in [-0.4, -0.2) is 60.4 Å². The Morgan fingerprint density at radius 2 is 1.72 bits per heavy atom. The summed E-state index contributed by atoms with van der Waals surface area (Å²) in [5.74, 6) is -0.183. The van der Waals surface area contributed by atoms with Crippen LogP contribution in [0.3, 0.4) is 0 Å². The molecule has 2 fully saturated rings. The lowest BCUT2D eigenvalue weighted by molar-refractivity contribution is -0.123. The number of benzene rings is 2. The molecule has 2 aromatic carbocycles. The highest BCUT2D eigenvalue weighted by atomic mass is 16.2. The van der Waals surface area contributed by atoms with Gasteiger partial charge in [-0.1, -0.05) is 54.6 Å². The number of anilines is 1. The van der Waals surface area contributed by atoms with Crippen molar-refractivity contribution in [2.45, 2.75) is 19.4 Å². The zero-order chi connectivity index (χ0) is 20.2. The summed E-state index contributed by atoms with van der Waals surface area (Å²) < 4.78 is 0. The van der Waals surface area contributed by atoms with Crippen molar-refractivity contribution < 1.29 is 9.59 Å². The van der Waals surface area contributed by atoms with Gasteiger partial charge in [0.15, 0.2) is 0 Å². The van der Waals surface area contributed by atoms with E-state index in [0.717, 1.165) is 38.3 Å². The zero-order valence-corrected chi connectivity index (χ0v) is 16.8. The Hall–Kier alpha value is -2.76. The molecule has 2 aromatic rings. The monoisotopic (exact) mass is 389 g/mol. The molecule has 29 heavy (non-hydrogen) atoms. The van der Waals surface area contributed by atoms with E-state index in [1.165, 1.54) is 10.5 Å². The third-order valence-corrected chi connectivity index (χ3v) is 5.70. The van der Waals surface area contributed by atoms with Crippen molar-refractivity contribution in [3.63, 3.8) is 0 Å². The van der Waals surface area contributed by atoms with E-state index in [-0.39, 0.29) is 24.3 Å². The summed E-state index contributed by atoms with van der Waals surface area (Å²) in [7, 11) is 0. The summed E-state index contributed by atoms with van der Waals surface area (Å²) in [5.41, 5.74) is 2.94. The number of aryl methyl sites for hydroxylation is 1. The van der Waals surface area contributed by atoms with E-state index in [0.29, 0.717) is 5.69 Å². The van der Waals surface area contributed by atoms with E-state index >= 15 is 0 Å². The summed E-state index contributed by atoms with van der Waals surface area (Å²) in [5, 5.41) is 0. The number of carbonyl (C=O) groups is 2. The minimum absolute atomic E-state index is 0.0852. The molecule has 1 atom stereocenters. The van der Waals surface area contributed by atoms with Crippen molar-refractivity contribution in [2.24, 2.45) is 0 Å². The molecule has 0 bridgehead atoms. The maximum atomic E-state index is 13.0. The van der Waals surface area contributed by atoms with Gasteiger partial charge in [-0.3, -0.25) is 19.4 Å². The molecule has 5 heteroatoms. The number of rotatable bonds is 5. The van der Waals surface area contributed by atoms with Gasteiger partial charge >= 0.3 is 0 Å². The summed E-state index contributed by atoms with van der Waals surface area (Å²) in [6.45, 7) is 6.30. The average molecular weight is 389 g/mol. The van der Waals surface area contributed by atoms with Crippen molar-refractivity contribution >= 4 is 23.6 Å². The van der Waals surface area contributed by atoms with Gasteiger partial charge in [0, 0.05) is 32.7 Å². The number of hydrogen-bond donors (Lipinski definition) is 0. The van der Waals surface area contributed by atoms with Gasteiger partial charge in [0.1, 0.15) is 0 Å². The maximum absolute atomic E-state index is 13.0. The van der Waals surface area contributed by atoms with Crippen LogP contribution in [0.25, 0.3) is 6.08 Å². The molecular weight excluding hydrogens is 362 g/mol. The second kappa shape index (κ2) is 8.72. The quantitative estimate of drug-likeness (QED) is 0.738. The molecule has 150 valence electrons. The largest absolute Gasteiger partial charge is 0.297 e. The molecule has 0 radical (unpaired) electrons. The Bertz CT molecular complexity index is 901. The van der Waals surface area contributed by atoms with Gasteiger partial charge in [0.2, 0.25) is 5.91 Å². The fourth-order valence-electron chi connectivity index (χ4n) is 4.10. The molecule has 2 saturated heterocycles. The lowest BCUT2D eigenvalue weighted by Gasteiger charge is -2.36. The van der Waals surface area contributed by atoms with Gasteiger partial charge in [-0.2, -0.15) is 0 Å². The van der Waals surface area contributed by atoms with Gasteiger partial charge in [-0.05, 0) is 30.2 Å². The molecule has 0 N–H and O–H groups in total. The number of piperazine rings is 1. The van der Waals surface area contributed by atoms with Crippen LogP contribution in [0.4, 0.5) is 5.69 Å². The average Bonchev–Trinajstić information content (AvgIpc) is 3.03. The fraction of sp³-hybridized carbons (Fsp3) is 0.333. The van der Waals surface area contributed by atoms with Gasteiger partial charge in [-0.25, -0.2) is 4.90 Å². The third-order valence-electron chi connectivity index (χ3n) is 5.70. The zero-order valence-electron chi connectivity index (χ0n) is 16.8. The fourth-order valence-corrected chi connectivity index (χ4v) is 4.10. The van der Waals surface area contributed by atoms with Crippen LogP contribution in [0.2, 0.25) is 0 Å². The van der Waals surface area contributed by atoms with E-state index in [2.05, 4.69) is 34.1 Å². The standard InChI is InChI=1S/C24H27N3O2/c1-19-7-5-11-21(17-19)27-23(28)18-22(24(27)29)26-15-13-25(14-16-26)12-6-10-20-8-3-2-4-9-20/h2-11,17,22H,12-16,18H2,1H3. The van der Waals surface area contributed by atoms with Crippen LogP contribution >= 0.6 is 0 Å². The maximum Gasteiger partial charge on any atom is 0.251 e. The molecule has 0 aromatic heterocycles. The smallest absolute Gasteiger partial charge is 0.251 e. The number of nitrogens with zero attached hydrogens (tertiary/aromatic N) is 3. The van der Waals surface area contributed by atoms with E-state index in [1.54, 1.807) is 0 Å². The minimum atomic E-state index is -0.329. The first-order valence-electron chi connectivity index (χ1n) is 10.2. The Morgan fingerprint density at radius 1 is 0.966 bits per heavy atom. The molecule has 2 amide bonds. The van der Waals surface area contributed by atoms with Crippen molar-refractivity contribution in [3.8, 4) is 0 Å². The summed E-state index contributed by atoms with van der Waals surface area (Å²) >= 11 is 0. The normalized spacial score (nSPS) is 21.4. The highest BCUT2D eigenvalue weighted by Crippen LogP contribution is 2.26. The second-order valence-electron chi connectivity index (χ2n) is 7.78. The summed E-state index contributed by atoms with van der Waals surface area (Å²) in [6, 6.07) is 17.6. The number of carbonyl (C=O) groups excluding carboxylic acids is 2. The Balaban J connectivity index is 1.32. The Kier molecular flexibility index (Phi) is 5.88. The number of amides is 2. The Labute approximate surface area is 172 Å². The molecule has 2 heterocycles. The van der Waals surface area contributed by atoms with Crippen molar-refractivity contribution in [3.05, 3.63) is 71.8 Å². The molecule has 5 nitrogen and oxygen atoms in total. The van der Waals surface area contributed by atoms with Crippen LogP contribution < -0.4 is 4.90 Å². The van der Waals surface area contributed by atoms with Gasteiger partial charge in [0.25, 0.3) is 5.91 Å². The summed E-state index contributed by atoms with van der Waals surface area (Å²) in [6.07, 6.45) is 4.61. The molecule has 2 aliphatic rings. The minimum Gasteiger partial charge on any atom is -0.297 e. The van der Waals surface area contributed by atoms with Crippen LogP contribution in [0.5, 0.6) is 0 Å². The molecule has 2 aliphatic heterocycles. The van der Waals surface area contributed by atoms with Crippen LogP contribution in [0.15, 0.2) is 60.7 Å². The van der Waals surface area contributed by atoms with Crippen LogP contribution in [0.1, 0.15) is 17.5 Å². The first kappa shape index (κ1) is 19.6. The first-order valence-corrected chi connectivity index (χ1v) is 10.2.